The predicted molar refractivity (Wildman–Crippen MR) is 62.2 cm³/mol. The Morgan fingerprint density at radius 3 is 2.75 bits per heavy atom. The van der Waals surface area contributed by atoms with E-state index in [2.05, 4.69) is 31.2 Å². The molecule has 1 N–H and O–H groups in total. The van der Waals surface area contributed by atoms with Gasteiger partial charge in [0.05, 0.1) is 6.61 Å². The molecule has 5 nitrogen and oxygen atoms in total. The van der Waals surface area contributed by atoms with Crippen LogP contribution in [0.25, 0.3) is 0 Å². The molecule has 0 spiro atoms. The number of nitrogens with one attached hydrogen (secondary N) is 1. The summed E-state index contributed by atoms with van der Waals surface area (Å²) in [5.41, 5.74) is 0. The number of ether oxygens (including phenoxy) is 1. The van der Waals surface area contributed by atoms with Crippen molar-refractivity contribution < 1.29 is 9.53 Å². The van der Waals surface area contributed by atoms with Crippen LogP contribution in [0.4, 0.5) is 10.6 Å². The van der Waals surface area contributed by atoms with Crippen LogP contribution >= 0.6 is 0 Å². The molecule has 0 fully saturated rings. The van der Waals surface area contributed by atoms with E-state index in [1.165, 1.54) is 0 Å². The first-order valence-electron chi connectivity index (χ1n) is 5.42. The van der Waals surface area contributed by atoms with E-state index in [-0.39, 0.29) is 0 Å². The average molecular weight is 225 g/mol. The molecule has 0 radical (unpaired) electrons. The molecule has 1 heterocycles. The van der Waals surface area contributed by atoms with E-state index >= 15 is 0 Å². The van der Waals surface area contributed by atoms with E-state index in [1.807, 2.05) is 0 Å². The third kappa shape index (κ3) is 3.92. The Kier molecular flexibility index (Phi) is 4.34. The number of anilines is 1. The second-order valence-electron chi connectivity index (χ2n) is 4.32. The number of aromatic nitrogens is 2. The number of hydrogen-bond donors (Lipinski definition) is 1. The fourth-order valence-electron chi connectivity index (χ4n) is 1.02. The summed E-state index contributed by atoms with van der Waals surface area (Å²) in [5.74, 6) is 1.36. The lowest BCUT2D eigenvalue weighted by atomic mass is 10.00. The Labute approximate surface area is 95.8 Å². The highest BCUT2D eigenvalue weighted by molar-refractivity contribution is 5.83. The van der Waals surface area contributed by atoms with Crippen molar-refractivity contribution in [2.45, 2.75) is 20.8 Å². The molecule has 0 saturated heterocycles. The Hall–Kier alpha value is -1.52. The highest BCUT2D eigenvalue weighted by Crippen LogP contribution is 2.10. The van der Waals surface area contributed by atoms with E-state index in [0.717, 1.165) is 0 Å². The molecule has 1 amide bonds. The van der Waals surface area contributed by atoms with Gasteiger partial charge in [-0.25, -0.2) is 4.79 Å². The van der Waals surface area contributed by atoms with Crippen LogP contribution in [0.5, 0.6) is 0 Å². The molecule has 1 atom stereocenters. The number of amides is 1. The molecule has 1 rings (SSSR count). The zero-order valence-corrected chi connectivity index (χ0v) is 10.2. The number of rotatable bonds is 4. The third-order valence-corrected chi connectivity index (χ3v) is 2.56. The number of hydrogen-bond acceptors (Lipinski definition) is 3. The SMILES string of the molecule is CC(C)[C@@H](C)COC(=O)Nc1ccn(C)n1. The van der Waals surface area contributed by atoms with Crippen molar-refractivity contribution in [3.05, 3.63) is 12.3 Å². The Morgan fingerprint density at radius 2 is 2.25 bits per heavy atom. The van der Waals surface area contributed by atoms with Gasteiger partial charge < -0.3 is 4.74 Å². The first kappa shape index (κ1) is 12.5. The van der Waals surface area contributed by atoms with Gasteiger partial charge in [-0.1, -0.05) is 20.8 Å². The van der Waals surface area contributed by atoms with Crippen LogP contribution < -0.4 is 5.32 Å². The summed E-state index contributed by atoms with van der Waals surface area (Å²) >= 11 is 0. The quantitative estimate of drug-likeness (QED) is 0.855. The van der Waals surface area contributed by atoms with Crippen LogP contribution in [-0.4, -0.2) is 22.5 Å². The molecule has 0 saturated carbocycles. The summed E-state index contributed by atoms with van der Waals surface area (Å²) < 4.78 is 6.70. The molecule has 16 heavy (non-hydrogen) atoms. The molecule has 90 valence electrons. The van der Waals surface area contributed by atoms with Crippen molar-refractivity contribution >= 4 is 11.9 Å². The molecule has 1 aromatic rings. The normalized spacial score (nSPS) is 12.6. The van der Waals surface area contributed by atoms with Crippen LogP contribution in [-0.2, 0) is 11.8 Å². The van der Waals surface area contributed by atoms with Gasteiger partial charge in [0, 0.05) is 19.3 Å². The summed E-state index contributed by atoms with van der Waals surface area (Å²) in [7, 11) is 1.79. The Balaban J connectivity index is 2.31. The number of nitrogens with zero attached hydrogens (tertiary/aromatic N) is 2. The lowest BCUT2D eigenvalue weighted by Gasteiger charge is -2.15. The summed E-state index contributed by atoms with van der Waals surface area (Å²) in [6.07, 6.45) is 1.30. The largest absolute Gasteiger partial charge is 0.449 e. The van der Waals surface area contributed by atoms with Gasteiger partial charge in [-0.15, -0.1) is 0 Å². The summed E-state index contributed by atoms with van der Waals surface area (Å²) in [4.78, 5) is 11.4. The smallest absolute Gasteiger partial charge is 0.412 e. The maximum Gasteiger partial charge on any atom is 0.412 e. The van der Waals surface area contributed by atoms with Crippen LogP contribution in [0.1, 0.15) is 20.8 Å². The molecule has 0 aliphatic carbocycles. The summed E-state index contributed by atoms with van der Waals surface area (Å²) in [6.45, 7) is 6.68. The van der Waals surface area contributed by atoms with Crippen molar-refractivity contribution in [2.24, 2.45) is 18.9 Å². The van der Waals surface area contributed by atoms with Gasteiger partial charge in [0.1, 0.15) is 0 Å². The molecule has 0 unspecified atom stereocenters. The lowest BCUT2D eigenvalue weighted by Crippen LogP contribution is -2.20. The van der Waals surface area contributed by atoms with Crippen LogP contribution in [0, 0.1) is 11.8 Å². The van der Waals surface area contributed by atoms with Crippen molar-refractivity contribution in [2.75, 3.05) is 11.9 Å². The molecule has 0 aliphatic heterocycles. The van der Waals surface area contributed by atoms with Gasteiger partial charge in [-0.2, -0.15) is 5.10 Å². The molecule has 5 heteroatoms. The van der Waals surface area contributed by atoms with E-state index in [9.17, 15) is 4.79 Å². The second kappa shape index (κ2) is 5.53. The fraction of sp³-hybridized carbons (Fsp3) is 0.636. The topological polar surface area (TPSA) is 56.1 Å². The third-order valence-electron chi connectivity index (χ3n) is 2.56. The predicted octanol–water partition coefficient (Wildman–Crippen LogP) is 2.26. The van der Waals surface area contributed by atoms with Crippen LogP contribution in [0.15, 0.2) is 12.3 Å². The van der Waals surface area contributed by atoms with Crippen molar-refractivity contribution in [3.63, 3.8) is 0 Å². The zero-order valence-electron chi connectivity index (χ0n) is 10.2. The molecular formula is C11H19N3O2. The Bertz CT molecular complexity index is 347. The van der Waals surface area contributed by atoms with E-state index in [1.54, 1.807) is 24.0 Å². The Morgan fingerprint density at radius 1 is 1.56 bits per heavy atom. The molecule has 0 bridgehead atoms. The number of carbonyl (C=O) groups excluding carboxylic acids is 1. The zero-order chi connectivity index (χ0) is 12.1. The van der Waals surface area contributed by atoms with Gasteiger partial charge in [0.15, 0.2) is 5.82 Å². The van der Waals surface area contributed by atoms with Gasteiger partial charge in [-0.05, 0) is 11.8 Å². The summed E-state index contributed by atoms with van der Waals surface area (Å²) in [6, 6.07) is 1.72. The molecule has 0 aliphatic rings. The molecular weight excluding hydrogens is 206 g/mol. The summed E-state index contributed by atoms with van der Waals surface area (Å²) in [5, 5.41) is 6.58. The lowest BCUT2D eigenvalue weighted by molar-refractivity contribution is 0.133. The van der Waals surface area contributed by atoms with Crippen molar-refractivity contribution in [1.82, 2.24) is 9.78 Å². The highest BCUT2D eigenvalue weighted by atomic mass is 16.5. The average Bonchev–Trinajstić information content (AvgIpc) is 2.60. The second-order valence-corrected chi connectivity index (χ2v) is 4.32. The van der Waals surface area contributed by atoms with E-state index in [0.29, 0.717) is 24.3 Å². The maximum atomic E-state index is 11.4. The van der Waals surface area contributed by atoms with E-state index < -0.39 is 6.09 Å². The fourth-order valence-corrected chi connectivity index (χ4v) is 1.02. The number of aryl methyl sites for hydroxylation is 1. The first-order chi connectivity index (χ1) is 7.49. The van der Waals surface area contributed by atoms with Crippen molar-refractivity contribution in [1.29, 1.82) is 0 Å². The maximum absolute atomic E-state index is 11.4. The van der Waals surface area contributed by atoms with Gasteiger partial charge in [0.2, 0.25) is 0 Å². The first-order valence-corrected chi connectivity index (χ1v) is 5.42. The molecule has 1 aromatic heterocycles. The van der Waals surface area contributed by atoms with Gasteiger partial charge in [0.25, 0.3) is 0 Å². The van der Waals surface area contributed by atoms with Gasteiger partial charge in [-0.3, -0.25) is 10.00 Å². The van der Waals surface area contributed by atoms with E-state index in [4.69, 9.17) is 4.74 Å². The number of carbonyl (C=O) groups is 1. The van der Waals surface area contributed by atoms with Gasteiger partial charge >= 0.3 is 6.09 Å². The molecule has 0 aromatic carbocycles. The minimum Gasteiger partial charge on any atom is -0.449 e. The van der Waals surface area contributed by atoms with Crippen molar-refractivity contribution in [3.8, 4) is 0 Å². The van der Waals surface area contributed by atoms with Crippen LogP contribution in [0.2, 0.25) is 0 Å². The highest BCUT2D eigenvalue weighted by Gasteiger charge is 2.11. The monoisotopic (exact) mass is 225 g/mol. The minimum absolute atomic E-state index is 0.356. The van der Waals surface area contributed by atoms with Crippen LogP contribution in [0.3, 0.4) is 0 Å². The standard InChI is InChI=1S/C11H19N3O2/c1-8(2)9(3)7-16-11(15)12-10-5-6-14(4)13-10/h5-6,8-9H,7H2,1-4H3,(H,12,13,15)/t9-/m0/s1. The minimum atomic E-state index is -0.453.